The van der Waals surface area contributed by atoms with Crippen LogP contribution in [0.1, 0.15) is 28.4 Å². The summed E-state index contributed by atoms with van der Waals surface area (Å²) in [6.07, 6.45) is 0.505. The van der Waals surface area contributed by atoms with Crippen molar-refractivity contribution in [3.8, 4) is 11.5 Å². The summed E-state index contributed by atoms with van der Waals surface area (Å²) in [5.41, 5.74) is 3.99. The molecule has 0 fully saturated rings. The second kappa shape index (κ2) is 14.5. The van der Waals surface area contributed by atoms with Gasteiger partial charge in [0.1, 0.15) is 42.2 Å². The summed E-state index contributed by atoms with van der Waals surface area (Å²) in [7, 11) is 3.29. The maximum absolute atomic E-state index is 6.71. The van der Waals surface area contributed by atoms with Crippen molar-refractivity contribution in [1.82, 2.24) is 0 Å². The lowest BCUT2D eigenvalue weighted by Gasteiger charge is -2.36. The largest absolute Gasteiger partial charge is 0.496 e. The zero-order chi connectivity index (χ0) is 28.3. The fraction of sp³-hybridized carbons (Fsp3) is 0.257. The Morgan fingerprint density at radius 3 is 1.71 bits per heavy atom. The van der Waals surface area contributed by atoms with Crippen LogP contribution >= 0.6 is 0 Å². The summed E-state index contributed by atoms with van der Waals surface area (Å²) in [6.45, 7) is 1.55. The minimum absolute atomic E-state index is 0.300. The zero-order valence-electron chi connectivity index (χ0n) is 23.5. The Morgan fingerprint density at radius 1 is 0.610 bits per heavy atom. The predicted molar refractivity (Wildman–Crippen MR) is 158 cm³/mol. The molecule has 6 heteroatoms. The maximum atomic E-state index is 6.71. The van der Waals surface area contributed by atoms with E-state index >= 15 is 0 Å². The standard InChI is InChI=1S/C35H36O6/c1-36-29-19-12-20-30(37-2)34(29)31-21-32(39-23-27-15-8-4-9-16-27)35(40-24-28-17-10-5-11-18-28)33(41-31)25-38-22-26-13-6-3-7-14-26/h3-21,31,33,35H,22-25H2,1-2H3/t31-,33+,35-/m0/s1. The third kappa shape index (κ3) is 7.55. The van der Waals surface area contributed by atoms with Crippen LogP contribution < -0.4 is 9.47 Å². The van der Waals surface area contributed by atoms with E-state index in [2.05, 4.69) is 0 Å². The first-order valence-corrected chi connectivity index (χ1v) is 13.8. The van der Waals surface area contributed by atoms with Gasteiger partial charge >= 0.3 is 0 Å². The van der Waals surface area contributed by atoms with Gasteiger partial charge in [0.05, 0.1) is 39.6 Å². The lowest BCUT2D eigenvalue weighted by atomic mass is 9.99. The van der Waals surface area contributed by atoms with Gasteiger partial charge in [-0.1, -0.05) is 97.1 Å². The van der Waals surface area contributed by atoms with Gasteiger partial charge < -0.3 is 28.4 Å². The van der Waals surface area contributed by atoms with E-state index in [1.165, 1.54) is 0 Å². The van der Waals surface area contributed by atoms with Crippen molar-refractivity contribution in [3.63, 3.8) is 0 Å². The molecule has 0 unspecified atom stereocenters. The van der Waals surface area contributed by atoms with Crippen molar-refractivity contribution in [1.29, 1.82) is 0 Å². The van der Waals surface area contributed by atoms with E-state index in [-0.39, 0.29) is 0 Å². The average Bonchev–Trinajstić information content (AvgIpc) is 3.04. The van der Waals surface area contributed by atoms with E-state index in [9.17, 15) is 0 Å². The van der Waals surface area contributed by atoms with Gasteiger partial charge in [-0.05, 0) is 34.9 Å². The highest BCUT2D eigenvalue weighted by Crippen LogP contribution is 2.41. The molecule has 0 N–H and O–H groups in total. The minimum atomic E-state index is -0.506. The first-order valence-electron chi connectivity index (χ1n) is 13.8. The minimum Gasteiger partial charge on any atom is -0.496 e. The Bertz CT molecular complexity index is 1350. The Labute approximate surface area is 242 Å². The monoisotopic (exact) mass is 552 g/mol. The highest BCUT2D eigenvalue weighted by molar-refractivity contribution is 5.48. The van der Waals surface area contributed by atoms with Crippen molar-refractivity contribution >= 4 is 0 Å². The van der Waals surface area contributed by atoms with Crippen LogP contribution in [0.3, 0.4) is 0 Å². The molecule has 3 atom stereocenters. The van der Waals surface area contributed by atoms with E-state index in [0.717, 1.165) is 22.3 Å². The van der Waals surface area contributed by atoms with Gasteiger partial charge in [-0.25, -0.2) is 0 Å². The van der Waals surface area contributed by atoms with Gasteiger partial charge in [-0.3, -0.25) is 0 Å². The topological polar surface area (TPSA) is 55.4 Å². The summed E-state index contributed by atoms with van der Waals surface area (Å²) < 4.78 is 37.4. The van der Waals surface area contributed by atoms with Gasteiger partial charge in [-0.2, -0.15) is 0 Å². The first-order chi connectivity index (χ1) is 20.2. The normalized spacial score (nSPS) is 18.4. The summed E-state index contributed by atoms with van der Waals surface area (Å²) in [5.74, 6) is 2.02. The van der Waals surface area contributed by atoms with Crippen molar-refractivity contribution in [2.45, 2.75) is 38.1 Å². The van der Waals surface area contributed by atoms with Crippen LogP contribution in [-0.4, -0.2) is 33.0 Å². The molecular formula is C35H36O6. The molecule has 0 saturated heterocycles. The Balaban J connectivity index is 1.46. The molecule has 212 valence electrons. The molecule has 0 saturated carbocycles. The molecule has 4 aromatic carbocycles. The number of ether oxygens (including phenoxy) is 6. The molecule has 1 aliphatic rings. The van der Waals surface area contributed by atoms with Crippen LogP contribution in [0, 0.1) is 0 Å². The lowest BCUT2D eigenvalue weighted by molar-refractivity contribution is -0.142. The molecule has 0 radical (unpaired) electrons. The third-order valence-electron chi connectivity index (χ3n) is 6.92. The van der Waals surface area contributed by atoms with E-state index in [1.54, 1.807) is 14.2 Å². The Morgan fingerprint density at radius 2 is 1.15 bits per heavy atom. The quantitative estimate of drug-likeness (QED) is 0.177. The van der Waals surface area contributed by atoms with Crippen molar-refractivity contribution in [3.05, 3.63) is 143 Å². The van der Waals surface area contributed by atoms with Crippen LogP contribution in [0.2, 0.25) is 0 Å². The van der Waals surface area contributed by atoms with Crippen molar-refractivity contribution < 1.29 is 28.4 Å². The Kier molecular flexibility index (Phi) is 10.1. The molecule has 0 spiro atoms. The van der Waals surface area contributed by atoms with E-state index in [4.69, 9.17) is 28.4 Å². The van der Waals surface area contributed by atoms with E-state index in [1.807, 2.05) is 115 Å². The van der Waals surface area contributed by atoms with Crippen LogP contribution in [0.4, 0.5) is 0 Å². The summed E-state index contributed by atoms with van der Waals surface area (Å²) >= 11 is 0. The molecule has 41 heavy (non-hydrogen) atoms. The average molecular weight is 553 g/mol. The molecule has 0 amide bonds. The predicted octanol–water partition coefficient (Wildman–Crippen LogP) is 7.05. The number of benzene rings is 4. The lowest BCUT2D eigenvalue weighted by Crippen LogP contribution is -2.41. The fourth-order valence-corrected chi connectivity index (χ4v) is 4.85. The van der Waals surface area contributed by atoms with E-state index in [0.29, 0.717) is 43.7 Å². The number of hydrogen-bond donors (Lipinski definition) is 0. The third-order valence-corrected chi connectivity index (χ3v) is 6.92. The second-order valence-electron chi connectivity index (χ2n) is 9.73. The molecule has 0 aliphatic carbocycles. The number of methoxy groups -OCH3 is 2. The van der Waals surface area contributed by atoms with Gasteiger partial charge in [0.15, 0.2) is 0 Å². The molecule has 0 bridgehead atoms. The van der Waals surface area contributed by atoms with Crippen LogP contribution in [-0.2, 0) is 38.8 Å². The maximum Gasteiger partial charge on any atom is 0.143 e. The summed E-state index contributed by atoms with van der Waals surface area (Å²) in [5, 5.41) is 0. The first kappa shape index (κ1) is 28.4. The van der Waals surface area contributed by atoms with Crippen LogP contribution in [0.5, 0.6) is 11.5 Å². The van der Waals surface area contributed by atoms with Gasteiger partial charge in [0, 0.05) is 0 Å². The highest BCUT2D eigenvalue weighted by Gasteiger charge is 2.38. The summed E-state index contributed by atoms with van der Waals surface area (Å²) in [4.78, 5) is 0. The van der Waals surface area contributed by atoms with Gasteiger partial charge in [0.25, 0.3) is 0 Å². The number of rotatable bonds is 13. The highest BCUT2D eigenvalue weighted by atomic mass is 16.6. The second-order valence-corrected chi connectivity index (χ2v) is 9.73. The van der Waals surface area contributed by atoms with Crippen molar-refractivity contribution in [2.24, 2.45) is 0 Å². The molecule has 5 rings (SSSR count). The van der Waals surface area contributed by atoms with Crippen molar-refractivity contribution in [2.75, 3.05) is 20.8 Å². The van der Waals surface area contributed by atoms with Crippen LogP contribution in [0.15, 0.2) is 121 Å². The number of hydrogen-bond acceptors (Lipinski definition) is 6. The zero-order valence-corrected chi connectivity index (χ0v) is 23.5. The molecular weight excluding hydrogens is 516 g/mol. The molecule has 1 heterocycles. The van der Waals surface area contributed by atoms with Crippen LogP contribution in [0.25, 0.3) is 0 Å². The molecule has 1 aliphatic heterocycles. The fourth-order valence-electron chi connectivity index (χ4n) is 4.85. The van der Waals surface area contributed by atoms with E-state index < -0.39 is 18.3 Å². The van der Waals surface area contributed by atoms with Gasteiger partial charge in [-0.15, -0.1) is 0 Å². The molecule has 0 aromatic heterocycles. The Hall–Kier alpha value is -4.10. The smallest absolute Gasteiger partial charge is 0.143 e. The van der Waals surface area contributed by atoms with Gasteiger partial charge in [0.2, 0.25) is 0 Å². The molecule has 6 nitrogen and oxygen atoms in total. The molecule has 4 aromatic rings. The summed E-state index contributed by atoms with van der Waals surface area (Å²) in [6, 6.07) is 36.0. The SMILES string of the molecule is COc1cccc(OC)c1[C@@H]1C=C(OCc2ccccc2)[C@H](OCc2ccccc2)[C@@H](COCc2ccccc2)O1.